The summed E-state index contributed by atoms with van der Waals surface area (Å²) in [6, 6.07) is 0. The monoisotopic (exact) mass is 307 g/mol. The Morgan fingerprint density at radius 2 is 1.90 bits per heavy atom. The number of hydroxylamine groups is 2. The minimum atomic E-state index is -1.28. The van der Waals surface area contributed by atoms with Gasteiger partial charge in [-0.3, -0.25) is 19.2 Å². The second kappa shape index (κ2) is 9.32. The lowest BCUT2D eigenvalue weighted by Crippen LogP contribution is -2.40. The van der Waals surface area contributed by atoms with Gasteiger partial charge in [0, 0.05) is 18.6 Å². The normalized spacial score (nSPS) is 11.6. The molecule has 0 aromatic carbocycles. The van der Waals surface area contributed by atoms with Gasteiger partial charge >= 0.3 is 11.9 Å². The number of carbonyl (C=O) groups is 4. The lowest BCUT2D eigenvalue weighted by molar-refractivity contribution is -0.200. The number of rotatable bonds is 8. The fraction of sp³-hybridized carbons (Fsp3) is 0.636. The predicted molar refractivity (Wildman–Crippen MR) is 69.6 cm³/mol. The summed E-state index contributed by atoms with van der Waals surface area (Å²) in [6.07, 6.45) is 0. The molecule has 1 N–H and O–H groups in total. The zero-order valence-electron chi connectivity index (χ0n) is 11.5. The Balaban J connectivity index is 4.57. The summed E-state index contributed by atoms with van der Waals surface area (Å²) < 4.78 is 4.33. The molecule has 0 aliphatic heterocycles. The van der Waals surface area contributed by atoms with Crippen LogP contribution in [0.3, 0.4) is 0 Å². The third-order valence-corrected chi connectivity index (χ3v) is 3.12. The van der Waals surface area contributed by atoms with Gasteiger partial charge in [-0.05, 0) is 0 Å². The van der Waals surface area contributed by atoms with Crippen molar-refractivity contribution in [3.63, 3.8) is 0 Å². The van der Waals surface area contributed by atoms with Crippen molar-refractivity contribution in [2.75, 3.05) is 26.0 Å². The van der Waals surface area contributed by atoms with E-state index in [2.05, 4.69) is 4.74 Å². The van der Waals surface area contributed by atoms with Crippen molar-refractivity contribution in [2.24, 2.45) is 5.92 Å². The maximum Gasteiger partial charge on any atom is 0.334 e. The summed E-state index contributed by atoms with van der Waals surface area (Å²) in [5.74, 6) is -3.06. The van der Waals surface area contributed by atoms with E-state index in [-0.39, 0.29) is 10.9 Å². The van der Waals surface area contributed by atoms with Crippen molar-refractivity contribution in [1.82, 2.24) is 5.06 Å². The Morgan fingerprint density at radius 1 is 1.30 bits per heavy atom. The molecule has 0 aromatic heterocycles. The second-order valence-corrected chi connectivity index (χ2v) is 5.02. The summed E-state index contributed by atoms with van der Waals surface area (Å²) >= 11 is 0.952. The highest BCUT2D eigenvalue weighted by atomic mass is 32.2. The highest BCUT2D eigenvalue weighted by Gasteiger charge is 2.25. The third-order valence-electron chi connectivity index (χ3n) is 2.05. The topological polar surface area (TPSA) is 110 Å². The van der Waals surface area contributed by atoms with Crippen LogP contribution in [-0.4, -0.2) is 59.1 Å². The molecule has 0 rings (SSSR count). The fourth-order valence-electron chi connectivity index (χ4n) is 1.06. The first-order valence-corrected chi connectivity index (χ1v) is 6.62. The quantitative estimate of drug-likeness (QED) is 0.490. The molecule has 0 spiro atoms. The van der Waals surface area contributed by atoms with E-state index >= 15 is 0 Å². The van der Waals surface area contributed by atoms with Gasteiger partial charge in [0.1, 0.15) is 6.54 Å². The number of hydrogen-bond acceptors (Lipinski definition) is 7. The van der Waals surface area contributed by atoms with Gasteiger partial charge in [-0.25, -0.2) is 9.86 Å². The largest absolute Gasteiger partial charge is 0.480 e. The van der Waals surface area contributed by atoms with E-state index in [0.29, 0.717) is 5.06 Å². The molecule has 8 nitrogen and oxygen atoms in total. The molecule has 0 aliphatic carbocycles. The van der Waals surface area contributed by atoms with E-state index in [1.165, 1.54) is 13.8 Å². The first-order chi connectivity index (χ1) is 9.27. The van der Waals surface area contributed by atoms with Crippen molar-refractivity contribution < 1.29 is 33.9 Å². The fourth-order valence-corrected chi connectivity index (χ4v) is 1.69. The number of carboxylic acids is 1. The molecule has 0 saturated carbocycles. The average Bonchev–Trinajstić information content (AvgIpc) is 2.38. The highest BCUT2D eigenvalue weighted by molar-refractivity contribution is 8.13. The van der Waals surface area contributed by atoms with Gasteiger partial charge in [0.25, 0.3) is 0 Å². The maximum absolute atomic E-state index is 12.0. The zero-order valence-corrected chi connectivity index (χ0v) is 12.3. The summed E-state index contributed by atoms with van der Waals surface area (Å²) in [5.41, 5.74) is 0. The molecule has 9 heteroatoms. The van der Waals surface area contributed by atoms with E-state index < -0.39 is 36.9 Å². The van der Waals surface area contributed by atoms with E-state index in [0.717, 1.165) is 18.9 Å². The Kier molecular flexibility index (Phi) is 8.57. The lowest BCUT2D eigenvalue weighted by atomic mass is 10.2. The van der Waals surface area contributed by atoms with Crippen molar-refractivity contribution >= 4 is 34.7 Å². The van der Waals surface area contributed by atoms with Crippen LogP contribution in [0.15, 0.2) is 0 Å². The number of thioether (sulfide) groups is 1. The molecule has 0 bridgehead atoms. The Labute approximate surface area is 120 Å². The second-order valence-electron chi connectivity index (χ2n) is 3.82. The van der Waals surface area contributed by atoms with Crippen LogP contribution in [0.4, 0.5) is 0 Å². The van der Waals surface area contributed by atoms with Crippen molar-refractivity contribution in [1.29, 1.82) is 0 Å². The van der Waals surface area contributed by atoms with Crippen LogP contribution in [0.5, 0.6) is 0 Å². The van der Waals surface area contributed by atoms with Crippen molar-refractivity contribution in [3.05, 3.63) is 0 Å². The number of methoxy groups -OCH3 is 1. The van der Waals surface area contributed by atoms with Crippen LogP contribution in [0, 0.1) is 5.92 Å². The molecule has 0 heterocycles. The Hall–Kier alpha value is -1.61. The number of esters is 1. The van der Waals surface area contributed by atoms with Crippen LogP contribution in [0.1, 0.15) is 13.8 Å². The van der Waals surface area contributed by atoms with Gasteiger partial charge in [0.05, 0.1) is 7.11 Å². The van der Waals surface area contributed by atoms with Gasteiger partial charge in [0.2, 0.25) is 5.91 Å². The van der Waals surface area contributed by atoms with E-state index in [9.17, 15) is 19.2 Å². The molecule has 1 atom stereocenters. The molecule has 0 fully saturated rings. The van der Waals surface area contributed by atoms with Crippen LogP contribution in [-0.2, 0) is 28.8 Å². The Bertz CT molecular complexity index is 385. The number of amides is 1. The molecule has 0 saturated heterocycles. The summed E-state index contributed by atoms with van der Waals surface area (Å²) in [4.78, 5) is 49.2. The lowest BCUT2D eigenvalue weighted by Gasteiger charge is -2.22. The Morgan fingerprint density at radius 3 is 2.35 bits per heavy atom. The molecule has 1 amide bonds. The highest BCUT2D eigenvalue weighted by Crippen LogP contribution is 2.12. The summed E-state index contributed by atoms with van der Waals surface area (Å²) in [5, 5.41) is 9.15. The van der Waals surface area contributed by atoms with Crippen molar-refractivity contribution in [2.45, 2.75) is 13.8 Å². The number of carboxylic acid groups (broad SMARTS) is 1. The van der Waals surface area contributed by atoms with Gasteiger partial charge < -0.3 is 9.84 Å². The number of nitrogens with zero attached hydrogens (tertiary/aromatic N) is 1. The van der Waals surface area contributed by atoms with Gasteiger partial charge in [0.15, 0.2) is 11.7 Å². The molecule has 0 aromatic rings. The minimum Gasteiger partial charge on any atom is -0.480 e. The maximum atomic E-state index is 12.0. The third kappa shape index (κ3) is 7.74. The predicted octanol–water partition coefficient (Wildman–Crippen LogP) is -0.0800. The van der Waals surface area contributed by atoms with Crippen LogP contribution in [0.25, 0.3) is 0 Å². The van der Waals surface area contributed by atoms with Gasteiger partial charge in [-0.1, -0.05) is 18.7 Å². The number of hydrogen-bond donors (Lipinski definition) is 1. The molecule has 0 radical (unpaired) electrons. The van der Waals surface area contributed by atoms with E-state index in [1.54, 1.807) is 0 Å². The molecule has 20 heavy (non-hydrogen) atoms. The number of carbonyl (C=O) groups excluding carboxylic acids is 3. The van der Waals surface area contributed by atoms with E-state index in [1.807, 2.05) is 0 Å². The molecule has 114 valence electrons. The van der Waals surface area contributed by atoms with Gasteiger partial charge in [-0.15, -0.1) is 0 Å². The standard InChI is InChI=1S/C11H17NO7S/c1-7(6-20-8(2)13)11(17)12(4-9(14)15)19-5-10(16)18-3/h7H,4-6H2,1-3H3,(H,14,15). The zero-order chi connectivity index (χ0) is 15.7. The molecular formula is C11H17NO7S. The van der Waals surface area contributed by atoms with Crippen LogP contribution >= 0.6 is 11.8 Å². The number of aliphatic carboxylic acids is 1. The smallest absolute Gasteiger partial charge is 0.334 e. The minimum absolute atomic E-state index is 0.148. The summed E-state index contributed by atoms with van der Waals surface area (Å²) in [6.45, 7) is 1.63. The SMILES string of the molecule is COC(=O)CON(CC(=O)O)C(=O)C(C)CSC(C)=O. The molecule has 0 aliphatic rings. The van der Waals surface area contributed by atoms with Crippen LogP contribution in [0.2, 0.25) is 0 Å². The molecular weight excluding hydrogens is 290 g/mol. The van der Waals surface area contributed by atoms with Crippen LogP contribution < -0.4 is 0 Å². The first kappa shape index (κ1) is 18.4. The van der Waals surface area contributed by atoms with Crippen molar-refractivity contribution in [3.8, 4) is 0 Å². The molecule has 1 unspecified atom stereocenters. The summed E-state index contributed by atoms with van der Waals surface area (Å²) in [7, 11) is 1.14. The van der Waals surface area contributed by atoms with Gasteiger partial charge in [-0.2, -0.15) is 0 Å². The first-order valence-electron chi connectivity index (χ1n) is 5.64. The average molecular weight is 307 g/mol. The van der Waals surface area contributed by atoms with E-state index in [4.69, 9.17) is 9.94 Å². The number of ether oxygens (including phenoxy) is 1.